The number of hydrogen-bond acceptors (Lipinski definition) is 3. The van der Waals surface area contributed by atoms with Crippen molar-refractivity contribution in [1.29, 1.82) is 0 Å². The molecule has 0 aromatic carbocycles. The fourth-order valence-electron chi connectivity index (χ4n) is 2.95. The summed E-state index contributed by atoms with van der Waals surface area (Å²) in [6, 6.07) is 0. The molecule has 0 radical (unpaired) electrons. The molecule has 0 spiro atoms. The highest BCUT2D eigenvalue weighted by Gasteiger charge is 2.35. The summed E-state index contributed by atoms with van der Waals surface area (Å²) in [5.74, 6) is 0.906. The summed E-state index contributed by atoms with van der Waals surface area (Å²) >= 11 is 0. The van der Waals surface area contributed by atoms with Crippen LogP contribution in [0.3, 0.4) is 0 Å². The summed E-state index contributed by atoms with van der Waals surface area (Å²) in [5, 5.41) is 3.50. The van der Waals surface area contributed by atoms with E-state index in [9.17, 15) is 0 Å². The van der Waals surface area contributed by atoms with Gasteiger partial charge in [0.1, 0.15) is 0 Å². The van der Waals surface area contributed by atoms with Crippen LogP contribution in [0.1, 0.15) is 66.2 Å². The van der Waals surface area contributed by atoms with Crippen LogP contribution >= 0.6 is 0 Å². The van der Waals surface area contributed by atoms with Crippen LogP contribution in [-0.4, -0.2) is 38.0 Å². The third kappa shape index (κ3) is 5.71. The van der Waals surface area contributed by atoms with Gasteiger partial charge >= 0.3 is 0 Å². The molecule has 0 atom stereocenters. The predicted octanol–water partition coefficient (Wildman–Crippen LogP) is 3.77. The van der Waals surface area contributed by atoms with Crippen molar-refractivity contribution in [2.24, 2.45) is 5.92 Å². The molecule has 3 heteroatoms. The Morgan fingerprint density at radius 3 is 2.35 bits per heavy atom. The highest BCUT2D eigenvalue weighted by atomic mass is 16.5. The van der Waals surface area contributed by atoms with E-state index in [0.717, 1.165) is 32.0 Å². The van der Waals surface area contributed by atoms with Gasteiger partial charge in [-0.25, -0.2) is 0 Å². The van der Waals surface area contributed by atoms with Crippen LogP contribution in [0.15, 0.2) is 0 Å². The number of ether oxygens (including phenoxy) is 2. The van der Waals surface area contributed by atoms with E-state index >= 15 is 0 Å². The van der Waals surface area contributed by atoms with Gasteiger partial charge in [-0.05, 0) is 58.4 Å². The van der Waals surface area contributed by atoms with E-state index in [1.807, 2.05) is 0 Å². The van der Waals surface area contributed by atoms with Crippen molar-refractivity contribution in [2.45, 2.75) is 77.4 Å². The molecule has 0 saturated heterocycles. The van der Waals surface area contributed by atoms with Gasteiger partial charge in [-0.2, -0.15) is 0 Å². The largest absolute Gasteiger partial charge is 0.379 e. The third-order valence-electron chi connectivity index (χ3n) is 4.96. The SMILES string of the molecule is CCNCC1(OCCC(C)(C)OC)CCC(CC)CC1. The maximum atomic E-state index is 6.36. The smallest absolute Gasteiger partial charge is 0.0806 e. The summed E-state index contributed by atoms with van der Waals surface area (Å²) in [6.07, 6.45) is 7.30. The zero-order valence-electron chi connectivity index (χ0n) is 14.3. The summed E-state index contributed by atoms with van der Waals surface area (Å²) in [4.78, 5) is 0. The second kappa shape index (κ2) is 8.35. The summed E-state index contributed by atoms with van der Waals surface area (Å²) < 4.78 is 11.8. The lowest BCUT2D eigenvalue weighted by Gasteiger charge is -2.41. The van der Waals surface area contributed by atoms with Gasteiger partial charge in [0.25, 0.3) is 0 Å². The van der Waals surface area contributed by atoms with Crippen molar-refractivity contribution >= 4 is 0 Å². The first kappa shape index (κ1) is 17.9. The molecule has 0 bridgehead atoms. The lowest BCUT2D eigenvalue weighted by molar-refractivity contribution is -0.0963. The van der Waals surface area contributed by atoms with Crippen molar-refractivity contribution < 1.29 is 9.47 Å². The van der Waals surface area contributed by atoms with Crippen molar-refractivity contribution in [3.8, 4) is 0 Å². The van der Waals surface area contributed by atoms with Gasteiger partial charge in [-0.1, -0.05) is 20.3 Å². The third-order valence-corrected chi connectivity index (χ3v) is 4.96. The minimum Gasteiger partial charge on any atom is -0.379 e. The van der Waals surface area contributed by atoms with E-state index in [0.29, 0.717) is 0 Å². The Bertz CT molecular complexity index is 258. The molecule has 1 fully saturated rings. The second-order valence-corrected chi connectivity index (χ2v) is 6.88. The van der Waals surface area contributed by atoms with E-state index in [2.05, 4.69) is 33.0 Å². The minimum atomic E-state index is -0.0833. The van der Waals surface area contributed by atoms with E-state index in [-0.39, 0.29) is 11.2 Å². The molecule has 20 heavy (non-hydrogen) atoms. The normalized spacial score (nSPS) is 27.8. The Labute approximate surface area is 125 Å². The van der Waals surface area contributed by atoms with E-state index in [1.165, 1.54) is 32.1 Å². The molecule has 0 aromatic heterocycles. The number of rotatable bonds is 9. The van der Waals surface area contributed by atoms with Gasteiger partial charge in [0.15, 0.2) is 0 Å². The molecule has 0 heterocycles. The molecule has 1 aliphatic carbocycles. The number of methoxy groups -OCH3 is 1. The standard InChI is InChI=1S/C17H35NO2/c1-6-15-8-10-17(11-9-15,14-18-7-2)20-13-12-16(3,4)19-5/h15,18H,6-14H2,1-5H3. The summed E-state index contributed by atoms with van der Waals surface area (Å²) in [5.41, 5.74) is -0.0223. The van der Waals surface area contributed by atoms with Crippen LogP contribution in [-0.2, 0) is 9.47 Å². The van der Waals surface area contributed by atoms with E-state index in [4.69, 9.17) is 9.47 Å². The first-order valence-corrected chi connectivity index (χ1v) is 8.37. The summed E-state index contributed by atoms with van der Waals surface area (Å²) in [7, 11) is 1.78. The fourth-order valence-corrected chi connectivity index (χ4v) is 2.95. The fraction of sp³-hybridized carbons (Fsp3) is 1.00. The lowest BCUT2D eigenvalue weighted by atomic mass is 9.77. The molecule has 1 N–H and O–H groups in total. The molecule has 120 valence electrons. The molecule has 3 nitrogen and oxygen atoms in total. The number of nitrogens with one attached hydrogen (secondary N) is 1. The minimum absolute atomic E-state index is 0.0610. The Hall–Kier alpha value is -0.120. The van der Waals surface area contributed by atoms with Crippen molar-refractivity contribution in [1.82, 2.24) is 5.32 Å². The van der Waals surface area contributed by atoms with Gasteiger partial charge < -0.3 is 14.8 Å². The van der Waals surface area contributed by atoms with Crippen LogP contribution in [0.4, 0.5) is 0 Å². The first-order valence-electron chi connectivity index (χ1n) is 8.37. The van der Waals surface area contributed by atoms with Gasteiger partial charge in [0, 0.05) is 13.7 Å². The van der Waals surface area contributed by atoms with Crippen LogP contribution < -0.4 is 5.32 Å². The van der Waals surface area contributed by atoms with Gasteiger partial charge in [-0.15, -0.1) is 0 Å². The Balaban J connectivity index is 2.48. The Morgan fingerprint density at radius 2 is 1.85 bits per heavy atom. The second-order valence-electron chi connectivity index (χ2n) is 6.88. The molecular formula is C17H35NO2. The average Bonchev–Trinajstić information content (AvgIpc) is 2.46. The lowest BCUT2D eigenvalue weighted by Crippen LogP contribution is -2.46. The van der Waals surface area contributed by atoms with E-state index < -0.39 is 0 Å². The van der Waals surface area contributed by atoms with Crippen LogP contribution in [0.5, 0.6) is 0 Å². The van der Waals surface area contributed by atoms with E-state index in [1.54, 1.807) is 7.11 Å². The maximum absolute atomic E-state index is 6.36. The number of likely N-dealkylation sites (N-methyl/N-ethyl adjacent to an activating group) is 1. The Kier molecular flexibility index (Phi) is 7.49. The molecule has 0 aliphatic heterocycles. The summed E-state index contributed by atoms with van der Waals surface area (Å²) in [6.45, 7) is 11.5. The predicted molar refractivity (Wildman–Crippen MR) is 85.2 cm³/mol. The monoisotopic (exact) mass is 285 g/mol. The van der Waals surface area contributed by atoms with Crippen LogP contribution in [0.2, 0.25) is 0 Å². The molecule has 1 saturated carbocycles. The van der Waals surface area contributed by atoms with Crippen molar-refractivity contribution in [3.63, 3.8) is 0 Å². The topological polar surface area (TPSA) is 30.5 Å². The van der Waals surface area contributed by atoms with Crippen molar-refractivity contribution in [2.75, 3.05) is 26.8 Å². The van der Waals surface area contributed by atoms with Gasteiger partial charge in [0.05, 0.1) is 17.8 Å². The first-order chi connectivity index (χ1) is 9.47. The highest BCUT2D eigenvalue weighted by molar-refractivity contribution is 4.89. The quantitative estimate of drug-likeness (QED) is 0.699. The molecular weight excluding hydrogens is 250 g/mol. The molecule has 1 rings (SSSR count). The maximum Gasteiger partial charge on any atom is 0.0806 e. The van der Waals surface area contributed by atoms with Crippen LogP contribution in [0, 0.1) is 5.92 Å². The van der Waals surface area contributed by atoms with Gasteiger partial charge in [-0.3, -0.25) is 0 Å². The molecule has 0 aromatic rings. The Morgan fingerprint density at radius 1 is 1.20 bits per heavy atom. The average molecular weight is 285 g/mol. The van der Waals surface area contributed by atoms with Gasteiger partial charge in [0.2, 0.25) is 0 Å². The molecule has 0 amide bonds. The zero-order valence-corrected chi connectivity index (χ0v) is 14.3. The van der Waals surface area contributed by atoms with Crippen LogP contribution in [0.25, 0.3) is 0 Å². The zero-order chi connectivity index (χ0) is 15.1. The molecule has 1 aliphatic rings. The van der Waals surface area contributed by atoms with Crippen molar-refractivity contribution in [3.05, 3.63) is 0 Å². The highest BCUT2D eigenvalue weighted by Crippen LogP contribution is 2.36. The molecule has 0 unspecified atom stereocenters. The number of hydrogen-bond donors (Lipinski definition) is 1.